The van der Waals surface area contributed by atoms with Crippen LogP contribution < -0.4 is 0 Å². The zero-order valence-electron chi connectivity index (χ0n) is 7.43. The minimum Gasteiger partial charge on any atom is -0.126 e. The maximum Gasteiger partial charge on any atom is 0.0144 e. The van der Waals surface area contributed by atoms with E-state index in [1.807, 2.05) is 11.8 Å². The molecular weight excluding hydrogens is 279 g/mol. The van der Waals surface area contributed by atoms with Gasteiger partial charge >= 0.3 is 0 Å². The Balaban J connectivity index is 2.90. The lowest BCUT2D eigenvalue weighted by Gasteiger charge is -2.03. The highest BCUT2D eigenvalue weighted by Crippen LogP contribution is 2.22. The van der Waals surface area contributed by atoms with Crippen molar-refractivity contribution >= 4 is 34.4 Å². The number of halogens is 1. The molecule has 0 aliphatic carbocycles. The molecule has 0 unspecified atom stereocenters. The summed E-state index contributed by atoms with van der Waals surface area (Å²) in [6, 6.07) is 6.78. The Morgan fingerprint density at radius 2 is 2.00 bits per heavy atom. The zero-order valence-corrected chi connectivity index (χ0v) is 10.4. The lowest BCUT2D eigenvalue weighted by molar-refractivity contribution is 1.12. The van der Waals surface area contributed by atoms with Crippen LogP contribution in [0.2, 0.25) is 0 Å². The Labute approximate surface area is 92.3 Å². The van der Waals surface area contributed by atoms with Crippen molar-refractivity contribution in [2.24, 2.45) is 0 Å². The van der Waals surface area contributed by atoms with Crippen LogP contribution in [-0.4, -0.2) is 5.75 Å². The first-order chi connectivity index (χ1) is 5.76. The van der Waals surface area contributed by atoms with Gasteiger partial charge in [-0.1, -0.05) is 13.8 Å². The van der Waals surface area contributed by atoms with Crippen LogP contribution in [0.4, 0.5) is 0 Å². The minimum atomic E-state index is 1.13. The Kier molecular flexibility index (Phi) is 4.43. The summed E-state index contributed by atoms with van der Waals surface area (Å²) in [5, 5.41) is 0. The summed E-state index contributed by atoms with van der Waals surface area (Å²) in [6.45, 7) is 4.39. The molecule has 0 fully saturated rings. The average Bonchev–Trinajstić information content (AvgIpc) is 2.04. The van der Waals surface area contributed by atoms with E-state index in [0.29, 0.717) is 0 Å². The van der Waals surface area contributed by atoms with E-state index in [1.54, 1.807) is 0 Å². The van der Waals surface area contributed by atoms with Gasteiger partial charge in [0.2, 0.25) is 0 Å². The summed E-state index contributed by atoms with van der Waals surface area (Å²) in [4.78, 5) is 1.40. The molecule has 0 saturated carbocycles. The van der Waals surface area contributed by atoms with Gasteiger partial charge in [0.1, 0.15) is 0 Å². The van der Waals surface area contributed by atoms with Crippen molar-refractivity contribution in [1.82, 2.24) is 0 Å². The van der Waals surface area contributed by atoms with Crippen molar-refractivity contribution in [3.63, 3.8) is 0 Å². The summed E-state index contributed by atoms with van der Waals surface area (Å²) < 4.78 is 1.35. The van der Waals surface area contributed by atoms with Crippen molar-refractivity contribution in [3.05, 3.63) is 27.3 Å². The van der Waals surface area contributed by atoms with Gasteiger partial charge in [-0.3, -0.25) is 0 Å². The highest BCUT2D eigenvalue weighted by molar-refractivity contribution is 14.1. The Morgan fingerprint density at radius 1 is 1.25 bits per heavy atom. The number of rotatable bonds is 3. The van der Waals surface area contributed by atoms with Crippen LogP contribution in [0.5, 0.6) is 0 Å². The van der Waals surface area contributed by atoms with Crippen molar-refractivity contribution in [1.29, 1.82) is 0 Å². The summed E-state index contributed by atoms with van der Waals surface area (Å²) in [7, 11) is 0. The highest BCUT2D eigenvalue weighted by Gasteiger charge is 1.97. The van der Waals surface area contributed by atoms with Gasteiger partial charge in [0.05, 0.1) is 0 Å². The normalized spacial score (nSPS) is 10.2. The van der Waals surface area contributed by atoms with E-state index in [4.69, 9.17) is 0 Å². The number of hydrogen-bond acceptors (Lipinski definition) is 1. The molecular formula is C10H13IS. The fraction of sp³-hybridized carbons (Fsp3) is 0.400. The monoisotopic (exact) mass is 292 g/mol. The van der Waals surface area contributed by atoms with Crippen molar-refractivity contribution < 1.29 is 0 Å². The van der Waals surface area contributed by atoms with Crippen LogP contribution >= 0.6 is 34.4 Å². The molecule has 1 aromatic rings. The van der Waals surface area contributed by atoms with E-state index in [2.05, 4.69) is 54.6 Å². The molecule has 0 radical (unpaired) electrons. The second-order valence-electron chi connectivity index (χ2n) is 2.58. The van der Waals surface area contributed by atoms with Crippen LogP contribution in [0.15, 0.2) is 23.1 Å². The number of thioether (sulfide) groups is 1. The van der Waals surface area contributed by atoms with E-state index in [9.17, 15) is 0 Å². The molecule has 1 aromatic carbocycles. The molecule has 12 heavy (non-hydrogen) atoms. The molecule has 66 valence electrons. The highest BCUT2D eigenvalue weighted by atomic mass is 127. The SMILES string of the molecule is CCSc1cc(I)cc(CC)c1. The Morgan fingerprint density at radius 3 is 2.58 bits per heavy atom. The molecule has 0 saturated heterocycles. The largest absolute Gasteiger partial charge is 0.126 e. The van der Waals surface area contributed by atoms with Gasteiger partial charge in [-0.15, -0.1) is 11.8 Å². The maximum absolute atomic E-state index is 2.38. The van der Waals surface area contributed by atoms with Crippen LogP contribution in [0.1, 0.15) is 19.4 Å². The topological polar surface area (TPSA) is 0 Å². The average molecular weight is 292 g/mol. The van der Waals surface area contributed by atoms with E-state index >= 15 is 0 Å². The van der Waals surface area contributed by atoms with Gasteiger partial charge < -0.3 is 0 Å². The van der Waals surface area contributed by atoms with Crippen molar-refractivity contribution in [2.45, 2.75) is 25.2 Å². The minimum absolute atomic E-state index is 1.13. The lowest BCUT2D eigenvalue weighted by Crippen LogP contribution is -1.83. The Bertz CT molecular complexity index is 258. The molecule has 0 heterocycles. The first-order valence-electron chi connectivity index (χ1n) is 4.18. The van der Waals surface area contributed by atoms with Gasteiger partial charge in [-0.2, -0.15) is 0 Å². The molecule has 0 aromatic heterocycles. The first-order valence-corrected chi connectivity index (χ1v) is 6.25. The van der Waals surface area contributed by atoms with Crippen molar-refractivity contribution in [2.75, 3.05) is 5.75 Å². The fourth-order valence-corrected chi connectivity index (χ4v) is 2.80. The quantitative estimate of drug-likeness (QED) is 0.600. The maximum atomic E-state index is 2.38. The molecule has 0 N–H and O–H groups in total. The lowest BCUT2D eigenvalue weighted by atomic mass is 10.2. The van der Waals surface area contributed by atoms with E-state index < -0.39 is 0 Å². The standard InChI is InChI=1S/C10H13IS/c1-3-8-5-9(11)7-10(6-8)12-4-2/h5-7H,3-4H2,1-2H3. The van der Waals surface area contributed by atoms with Gasteiger partial charge in [0, 0.05) is 8.47 Å². The smallest absolute Gasteiger partial charge is 0.0144 e. The summed E-state index contributed by atoms with van der Waals surface area (Å²) in [5.74, 6) is 1.16. The molecule has 0 atom stereocenters. The number of aryl methyl sites for hydroxylation is 1. The molecule has 0 spiro atoms. The molecule has 2 heteroatoms. The summed E-state index contributed by atoms with van der Waals surface area (Å²) in [5.41, 5.74) is 1.44. The van der Waals surface area contributed by atoms with E-state index in [0.717, 1.165) is 12.2 Å². The third-order valence-corrected chi connectivity index (χ3v) is 3.13. The van der Waals surface area contributed by atoms with Gasteiger partial charge in [0.25, 0.3) is 0 Å². The second-order valence-corrected chi connectivity index (χ2v) is 5.16. The molecule has 0 amide bonds. The van der Waals surface area contributed by atoms with Crippen LogP contribution in [0.25, 0.3) is 0 Å². The predicted molar refractivity (Wildman–Crippen MR) is 64.9 cm³/mol. The van der Waals surface area contributed by atoms with Gasteiger partial charge in [0.15, 0.2) is 0 Å². The summed E-state index contributed by atoms with van der Waals surface area (Å²) in [6.07, 6.45) is 1.13. The fourth-order valence-electron chi connectivity index (χ4n) is 1.07. The second kappa shape index (κ2) is 5.12. The number of benzene rings is 1. The van der Waals surface area contributed by atoms with E-state index in [1.165, 1.54) is 14.0 Å². The third-order valence-electron chi connectivity index (χ3n) is 1.65. The molecule has 0 aliphatic rings. The Hall–Kier alpha value is 0.300. The van der Waals surface area contributed by atoms with Gasteiger partial charge in [-0.05, 0) is 58.5 Å². The van der Waals surface area contributed by atoms with Crippen molar-refractivity contribution in [3.8, 4) is 0 Å². The van der Waals surface area contributed by atoms with Crippen LogP contribution in [0, 0.1) is 3.57 Å². The number of hydrogen-bond donors (Lipinski definition) is 0. The third kappa shape index (κ3) is 2.98. The van der Waals surface area contributed by atoms with Crippen LogP contribution in [0.3, 0.4) is 0 Å². The zero-order chi connectivity index (χ0) is 8.97. The molecule has 0 bridgehead atoms. The summed E-state index contributed by atoms with van der Waals surface area (Å²) >= 11 is 4.29. The van der Waals surface area contributed by atoms with Gasteiger partial charge in [-0.25, -0.2) is 0 Å². The first kappa shape index (κ1) is 10.4. The predicted octanol–water partition coefficient (Wildman–Crippen LogP) is 3.97. The molecule has 1 rings (SSSR count). The molecule has 0 nitrogen and oxygen atoms in total. The van der Waals surface area contributed by atoms with E-state index in [-0.39, 0.29) is 0 Å². The molecule has 0 aliphatic heterocycles. The van der Waals surface area contributed by atoms with Crippen LogP contribution in [-0.2, 0) is 6.42 Å².